The van der Waals surface area contributed by atoms with Crippen LogP contribution in [0, 0.1) is 0 Å². The second-order valence-corrected chi connectivity index (χ2v) is 10.0. The largest absolute Gasteiger partial charge is 0.383 e. The van der Waals surface area contributed by atoms with Gasteiger partial charge in [0.2, 0.25) is 11.8 Å². The van der Waals surface area contributed by atoms with E-state index in [1.807, 2.05) is 78.9 Å². The molecule has 6 rings (SSSR count). The zero-order valence-corrected chi connectivity index (χ0v) is 21.6. The number of carbonyl (C=O) groups excluding carboxylic acids is 3. The van der Waals surface area contributed by atoms with E-state index < -0.39 is 18.1 Å². The average molecular weight is 523 g/mol. The van der Waals surface area contributed by atoms with E-state index in [0.29, 0.717) is 31.6 Å². The van der Waals surface area contributed by atoms with Crippen LogP contribution >= 0.6 is 0 Å². The van der Waals surface area contributed by atoms with E-state index in [-0.39, 0.29) is 17.7 Å². The van der Waals surface area contributed by atoms with Crippen molar-refractivity contribution < 1.29 is 19.1 Å². The van der Waals surface area contributed by atoms with Crippen molar-refractivity contribution in [2.24, 2.45) is 0 Å². The van der Waals surface area contributed by atoms with Gasteiger partial charge in [-0.3, -0.25) is 14.4 Å². The average Bonchev–Trinajstić information content (AvgIpc) is 3.48. The zero-order chi connectivity index (χ0) is 26.9. The molecule has 0 unspecified atom stereocenters. The normalized spacial score (nSPS) is 18.3. The van der Waals surface area contributed by atoms with E-state index in [0.717, 1.165) is 33.3 Å². The molecule has 3 atom stereocenters. The Morgan fingerprint density at radius 3 is 2.59 bits per heavy atom. The molecule has 0 saturated heterocycles. The van der Waals surface area contributed by atoms with Gasteiger partial charge in [0.25, 0.3) is 5.91 Å². The summed E-state index contributed by atoms with van der Waals surface area (Å²) in [5, 5.41) is 6.89. The van der Waals surface area contributed by atoms with E-state index in [1.54, 1.807) is 12.0 Å². The maximum Gasteiger partial charge on any atom is 0.255 e. The smallest absolute Gasteiger partial charge is 0.255 e. The summed E-state index contributed by atoms with van der Waals surface area (Å²) in [5.41, 5.74) is 5.35. The first-order valence-electron chi connectivity index (χ1n) is 13.2. The van der Waals surface area contributed by atoms with Gasteiger partial charge in [0.15, 0.2) is 0 Å². The fraction of sp³-hybridized carbons (Fsp3) is 0.258. The van der Waals surface area contributed by atoms with Gasteiger partial charge < -0.3 is 25.3 Å². The van der Waals surface area contributed by atoms with Crippen LogP contribution in [0.5, 0.6) is 0 Å². The maximum absolute atomic E-state index is 14.0. The minimum atomic E-state index is -0.806. The molecule has 4 aromatic rings. The Labute approximate surface area is 226 Å². The topological polar surface area (TPSA) is 104 Å². The number of carbonyl (C=O) groups is 3. The minimum absolute atomic E-state index is 0.177. The lowest BCUT2D eigenvalue weighted by atomic mass is 9.89. The number of hydrogen-bond acceptors (Lipinski definition) is 4. The molecule has 198 valence electrons. The summed E-state index contributed by atoms with van der Waals surface area (Å²) >= 11 is 0. The summed E-state index contributed by atoms with van der Waals surface area (Å²) in [7, 11) is 1.57. The van der Waals surface area contributed by atoms with Gasteiger partial charge in [-0.1, -0.05) is 66.7 Å². The summed E-state index contributed by atoms with van der Waals surface area (Å²) in [6.45, 7) is 0.701. The lowest BCUT2D eigenvalue weighted by Gasteiger charge is -2.37. The van der Waals surface area contributed by atoms with Gasteiger partial charge in [-0.2, -0.15) is 0 Å². The first-order chi connectivity index (χ1) is 19.1. The number of benzene rings is 3. The van der Waals surface area contributed by atoms with Crippen molar-refractivity contribution in [1.82, 2.24) is 20.5 Å². The van der Waals surface area contributed by atoms with E-state index >= 15 is 0 Å². The number of hydrogen-bond donors (Lipinski definition) is 3. The van der Waals surface area contributed by atoms with Gasteiger partial charge in [0.1, 0.15) is 12.1 Å². The van der Waals surface area contributed by atoms with E-state index in [4.69, 9.17) is 4.74 Å². The number of H-pyrrole nitrogens is 1. The quantitative estimate of drug-likeness (QED) is 0.310. The third-order valence-electron chi connectivity index (χ3n) is 7.68. The number of fused-ring (bicyclic) bond motifs is 7. The van der Waals surface area contributed by atoms with Gasteiger partial charge in [-0.25, -0.2) is 0 Å². The van der Waals surface area contributed by atoms with Gasteiger partial charge in [0.05, 0.1) is 12.6 Å². The van der Waals surface area contributed by atoms with Gasteiger partial charge in [0, 0.05) is 48.7 Å². The molecule has 0 saturated carbocycles. The first kappa shape index (κ1) is 24.9. The molecular weight excluding hydrogens is 492 g/mol. The van der Waals surface area contributed by atoms with Crippen LogP contribution in [0.25, 0.3) is 10.9 Å². The lowest BCUT2D eigenvalue weighted by molar-refractivity contribution is -0.132. The fourth-order valence-corrected chi connectivity index (χ4v) is 5.86. The van der Waals surface area contributed by atoms with Crippen molar-refractivity contribution >= 4 is 28.6 Å². The van der Waals surface area contributed by atoms with Crippen LogP contribution in [-0.2, 0) is 27.2 Å². The van der Waals surface area contributed by atoms with Crippen molar-refractivity contribution in [3.05, 3.63) is 107 Å². The highest BCUT2D eigenvalue weighted by atomic mass is 16.5. The number of rotatable bonds is 8. The Morgan fingerprint density at radius 1 is 1.03 bits per heavy atom. The molecule has 0 bridgehead atoms. The summed E-state index contributed by atoms with van der Waals surface area (Å²) in [5.74, 6) is -0.815. The highest BCUT2D eigenvalue weighted by molar-refractivity contribution is 6.04. The number of amides is 3. The predicted octanol–water partition coefficient (Wildman–Crippen LogP) is 3.13. The Bertz CT molecular complexity index is 1550. The third-order valence-corrected chi connectivity index (χ3v) is 7.68. The van der Waals surface area contributed by atoms with Crippen molar-refractivity contribution in [3.63, 3.8) is 0 Å². The molecule has 3 N–H and O–H groups in total. The van der Waals surface area contributed by atoms with Crippen molar-refractivity contribution in [3.8, 4) is 0 Å². The molecule has 2 aliphatic heterocycles. The standard InChI is InChI=1S/C31H30N4O4/c1-39-16-15-32-29(36)25(17-19-9-3-2-4-10-19)34-30(37)26-18-23-20-11-7-8-14-24(20)33-27(23)28-21-12-5-6-13-22(21)31(38)35(26)28/h2-14,25-26,28,33H,15-18H2,1H3,(H,32,36)(H,34,37)/t25-,26+,28+/m0/s1. The monoisotopic (exact) mass is 522 g/mol. The SMILES string of the molecule is COCCNC(=O)[C@H](Cc1ccccc1)NC(=O)[C@H]1Cc2c([nH]c3ccccc23)[C@H]2c3ccccc3C(=O)N21. The highest BCUT2D eigenvalue weighted by Gasteiger charge is 2.49. The second kappa shape index (κ2) is 10.4. The molecule has 0 radical (unpaired) electrons. The summed E-state index contributed by atoms with van der Waals surface area (Å²) < 4.78 is 5.07. The molecule has 8 heteroatoms. The molecule has 3 amide bonds. The number of nitrogens with one attached hydrogen (secondary N) is 3. The van der Waals surface area contributed by atoms with Gasteiger partial charge in [-0.05, 0) is 28.8 Å². The number of ether oxygens (including phenoxy) is 1. The molecule has 0 aliphatic carbocycles. The predicted molar refractivity (Wildman–Crippen MR) is 147 cm³/mol. The fourth-order valence-electron chi connectivity index (χ4n) is 5.86. The number of aromatic amines is 1. The third kappa shape index (κ3) is 4.46. The molecule has 39 heavy (non-hydrogen) atoms. The van der Waals surface area contributed by atoms with E-state index in [9.17, 15) is 14.4 Å². The highest BCUT2D eigenvalue weighted by Crippen LogP contribution is 2.46. The van der Waals surface area contributed by atoms with Crippen LogP contribution in [0.15, 0.2) is 78.9 Å². The zero-order valence-electron chi connectivity index (χ0n) is 21.6. The number of para-hydroxylation sites is 1. The summed E-state index contributed by atoms with van der Waals surface area (Å²) in [6.07, 6.45) is 0.679. The summed E-state index contributed by atoms with van der Waals surface area (Å²) in [4.78, 5) is 46.1. The number of aromatic nitrogens is 1. The molecular formula is C31H30N4O4. The van der Waals surface area contributed by atoms with Gasteiger partial charge >= 0.3 is 0 Å². The van der Waals surface area contributed by atoms with Crippen molar-refractivity contribution in [2.75, 3.05) is 20.3 Å². The second-order valence-electron chi connectivity index (χ2n) is 10.0. The maximum atomic E-state index is 14.0. The molecule has 3 aromatic carbocycles. The molecule has 3 heterocycles. The minimum Gasteiger partial charge on any atom is -0.383 e. The molecule has 2 aliphatic rings. The Hall–Kier alpha value is -4.43. The molecule has 8 nitrogen and oxygen atoms in total. The van der Waals surface area contributed by atoms with Crippen LogP contribution in [0.3, 0.4) is 0 Å². The molecule has 1 aromatic heterocycles. The molecule has 0 spiro atoms. The number of methoxy groups -OCH3 is 1. The Morgan fingerprint density at radius 2 is 1.77 bits per heavy atom. The van der Waals surface area contributed by atoms with E-state index in [1.165, 1.54) is 0 Å². The van der Waals surface area contributed by atoms with Crippen molar-refractivity contribution in [2.45, 2.75) is 31.0 Å². The van der Waals surface area contributed by atoms with Crippen LogP contribution in [0.1, 0.15) is 38.8 Å². The summed E-state index contributed by atoms with van der Waals surface area (Å²) in [6, 6.07) is 23.1. The van der Waals surface area contributed by atoms with Crippen LogP contribution < -0.4 is 10.6 Å². The van der Waals surface area contributed by atoms with Crippen LogP contribution in [-0.4, -0.2) is 60.0 Å². The van der Waals surface area contributed by atoms with Crippen molar-refractivity contribution in [1.29, 1.82) is 0 Å². The Balaban J connectivity index is 1.35. The van der Waals surface area contributed by atoms with Crippen LogP contribution in [0.4, 0.5) is 0 Å². The lowest BCUT2D eigenvalue weighted by Crippen LogP contribution is -2.57. The first-order valence-corrected chi connectivity index (χ1v) is 13.2. The van der Waals surface area contributed by atoms with Gasteiger partial charge in [-0.15, -0.1) is 0 Å². The van der Waals surface area contributed by atoms with E-state index in [2.05, 4.69) is 15.6 Å². The van der Waals surface area contributed by atoms with Crippen LogP contribution in [0.2, 0.25) is 0 Å². The molecule has 0 fully saturated rings. The number of nitrogens with zero attached hydrogens (tertiary/aromatic N) is 1. The Kier molecular flexibility index (Phi) is 6.62.